The van der Waals surface area contributed by atoms with Gasteiger partial charge in [0.2, 0.25) is 5.91 Å². The smallest absolute Gasteiger partial charge is 0.407 e. The largest absolute Gasteiger partial charge is 0.465 e. The fourth-order valence-corrected chi connectivity index (χ4v) is 6.82. The lowest BCUT2D eigenvalue weighted by atomic mass is 9.64. The summed E-state index contributed by atoms with van der Waals surface area (Å²) in [6.07, 6.45) is 10.3. The van der Waals surface area contributed by atoms with Gasteiger partial charge < -0.3 is 19.8 Å². The van der Waals surface area contributed by atoms with Crippen LogP contribution in [0.15, 0.2) is 24.4 Å². The van der Waals surface area contributed by atoms with Crippen LogP contribution in [0.2, 0.25) is 0 Å². The van der Waals surface area contributed by atoms with Crippen LogP contribution in [0.5, 0.6) is 0 Å². The predicted octanol–water partition coefficient (Wildman–Crippen LogP) is 3.25. The van der Waals surface area contributed by atoms with Gasteiger partial charge in [-0.15, -0.1) is 0 Å². The quantitative estimate of drug-likeness (QED) is 0.761. The molecule has 5 rings (SSSR count). The van der Waals surface area contributed by atoms with Crippen molar-refractivity contribution in [3.05, 3.63) is 30.1 Å². The molecular weight excluding hydrogens is 404 g/mol. The van der Waals surface area contributed by atoms with Crippen LogP contribution in [-0.4, -0.2) is 81.6 Å². The number of aromatic nitrogens is 1. The van der Waals surface area contributed by atoms with Crippen LogP contribution in [0.25, 0.3) is 0 Å². The Morgan fingerprint density at radius 1 is 1.09 bits per heavy atom. The van der Waals surface area contributed by atoms with Crippen molar-refractivity contribution in [2.45, 2.75) is 69.9 Å². The van der Waals surface area contributed by atoms with Crippen molar-refractivity contribution in [2.75, 3.05) is 32.7 Å². The third kappa shape index (κ3) is 4.36. The third-order valence-electron chi connectivity index (χ3n) is 8.62. The summed E-state index contributed by atoms with van der Waals surface area (Å²) in [7, 11) is 0. The maximum Gasteiger partial charge on any atom is 0.407 e. The van der Waals surface area contributed by atoms with E-state index >= 15 is 0 Å². The highest BCUT2D eigenvalue weighted by atomic mass is 16.4. The minimum Gasteiger partial charge on any atom is -0.465 e. The van der Waals surface area contributed by atoms with Gasteiger partial charge in [0.15, 0.2) is 0 Å². The average Bonchev–Trinajstić information content (AvgIpc) is 3.45. The van der Waals surface area contributed by atoms with Crippen molar-refractivity contribution in [1.29, 1.82) is 0 Å². The van der Waals surface area contributed by atoms with Crippen LogP contribution in [0, 0.1) is 11.3 Å². The fraction of sp³-hybridized carbons (Fsp3) is 0.720. The zero-order valence-corrected chi connectivity index (χ0v) is 19.0. The number of hydrogen-bond donors (Lipinski definition) is 1. The highest BCUT2D eigenvalue weighted by Gasteiger charge is 2.51. The zero-order chi connectivity index (χ0) is 22.1. The van der Waals surface area contributed by atoms with E-state index < -0.39 is 6.09 Å². The van der Waals surface area contributed by atoms with Gasteiger partial charge in [0.1, 0.15) is 0 Å². The van der Waals surface area contributed by atoms with Crippen LogP contribution in [-0.2, 0) is 11.2 Å². The summed E-state index contributed by atoms with van der Waals surface area (Å²) in [4.78, 5) is 35.0. The van der Waals surface area contributed by atoms with Crippen molar-refractivity contribution in [1.82, 2.24) is 19.7 Å². The molecule has 1 aromatic rings. The average molecular weight is 441 g/mol. The molecule has 1 saturated carbocycles. The van der Waals surface area contributed by atoms with E-state index in [-0.39, 0.29) is 5.41 Å². The van der Waals surface area contributed by atoms with Crippen LogP contribution < -0.4 is 0 Å². The molecule has 3 saturated heterocycles. The standard InChI is InChI=1S/C25H36N4O3/c30-23(7-6-20-4-1-2-11-26-20)29-12-3-5-22(29)19-8-13-27(14-9-19)21-16-25(17-21)10-15-28(18-25)24(31)32/h1-2,4,11,19,21-22H,3,5-10,12-18H2,(H,31,32)/t21?,22-,25?/m0/s1. The van der Waals surface area contributed by atoms with Crippen LogP contribution in [0.1, 0.15) is 57.1 Å². The zero-order valence-electron chi connectivity index (χ0n) is 19.0. The monoisotopic (exact) mass is 440 g/mol. The number of aryl methyl sites for hydroxylation is 1. The highest BCUT2D eigenvalue weighted by Crippen LogP contribution is 2.50. The van der Waals surface area contributed by atoms with Crippen LogP contribution >= 0.6 is 0 Å². The van der Waals surface area contributed by atoms with Crippen molar-refractivity contribution >= 4 is 12.0 Å². The molecule has 0 aromatic carbocycles. The Hall–Kier alpha value is -2.15. The van der Waals surface area contributed by atoms with E-state index in [1.165, 1.54) is 12.8 Å². The van der Waals surface area contributed by atoms with Crippen LogP contribution in [0.3, 0.4) is 0 Å². The molecule has 0 radical (unpaired) electrons. The van der Waals surface area contributed by atoms with E-state index in [1.807, 2.05) is 18.2 Å². The second-order valence-corrected chi connectivity index (χ2v) is 10.5. The van der Waals surface area contributed by atoms with E-state index in [0.29, 0.717) is 36.9 Å². The van der Waals surface area contributed by atoms with E-state index in [4.69, 9.17) is 0 Å². The topological polar surface area (TPSA) is 77.0 Å². The molecule has 4 aliphatic rings. The Morgan fingerprint density at radius 3 is 2.59 bits per heavy atom. The molecule has 7 nitrogen and oxygen atoms in total. The molecule has 1 spiro atoms. The Morgan fingerprint density at radius 2 is 1.91 bits per heavy atom. The maximum atomic E-state index is 13.0. The van der Waals surface area contributed by atoms with Gasteiger partial charge in [-0.25, -0.2) is 4.79 Å². The number of nitrogens with zero attached hydrogens (tertiary/aromatic N) is 4. The second-order valence-electron chi connectivity index (χ2n) is 10.5. The first kappa shape index (κ1) is 21.7. The maximum absolute atomic E-state index is 13.0. The number of pyridine rings is 1. The van der Waals surface area contributed by atoms with Gasteiger partial charge in [0.05, 0.1) is 0 Å². The molecule has 1 aliphatic carbocycles. The van der Waals surface area contributed by atoms with E-state index in [1.54, 1.807) is 11.1 Å². The summed E-state index contributed by atoms with van der Waals surface area (Å²) >= 11 is 0. The Balaban J connectivity index is 1.08. The molecule has 4 heterocycles. The molecule has 1 N–H and O–H groups in total. The summed E-state index contributed by atoms with van der Waals surface area (Å²) in [6.45, 7) is 4.60. The first-order valence-electron chi connectivity index (χ1n) is 12.4. The van der Waals surface area contributed by atoms with E-state index in [2.05, 4.69) is 14.8 Å². The lowest BCUT2D eigenvalue weighted by molar-refractivity contribution is -0.133. The van der Waals surface area contributed by atoms with Gasteiger partial charge in [0.25, 0.3) is 0 Å². The number of carboxylic acid groups (broad SMARTS) is 1. The normalized spacial score (nSPS) is 31.2. The van der Waals surface area contributed by atoms with Gasteiger partial charge in [-0.05, 0) is 87.9 Å². The number of likely N-dealkylation sites (tertiary alicyclic amines) is 3. The Bertz CT molecular complexity index is 818. The molecule has 1 aromatic heterocycles. The van der Waals surface area contributed by atoms with Gasteiger partial charge >= 0.3 is 6.09 Å². The van der Waals surface area contributed by atoms with Gasteiger partial charge in [-0.3, -0.25) is 9.78 Å². The lowest BCUT2D eigenvalue weighted by Gasteiger charge is -2.52. The molecule has 4 fully saturated rings. The van der Waals surface area contributed by atoms with E-state index in [0.717, 1.165) is 70.4 Å². The minimum atomic E-state index is -0.762. The summed E-state index contributed by atoms with van der Waals surface area (Å²) in [5, 5.41) is 9.25. The molecule has 32 heavy (non-hydrogen) atoms. The van der Waals surface area contributed by atoms with Gasteiger partial charge in [0, 0.05) is 50.0 Å². The third-order valence-corrected chi connectivity index (χ3v) is 8.62. The summed E-state index contributed by atoms with van der Waals surface area (Å²) < 4.78 is 0. The van der Waals surface area contributed by atoms with Crippen molar-refractivity contribution in [3.63, 3.8) is 0 Å². The Labute approximate surface area is 190 Å². The first-order valence-corrected chi connectivity index (χ1v) is 12.4. The number of carbonyl (C=O) groups excluding carboxylic acids is 1. The van der Waals surface area contributed by atoms with Crippen molar-refractivity contribution in [2.24, 2.45) is 11.3 Å². The number of carbonyl (C=O) groups is 2. The van der Waals surface area contributed by atoms with Gasteiger partial charge in [-0.2, -0.15) is 0 Å². The van der Waals surface area contributed by atoms with E-state index in [9.17, 15) is 14.7 Å². The summed E-state index contributed by atoms with van der Waals surface area (Å²) in [5.74, 6) is 0.918. The predicted molar refractivity (Wildman–Crippen MR) is 121 cm³/mol. The highest BCUT2D eigenvalue weighted by molar-refractivity contribution is 5.77. The first-order chi connectivity index (χ1) is 15.5. The van der Waals surface area contributed by atoms with Crippen molar-refractivity contribution in [3.8, 4) is 0 Å². The molecule has 3 aliphatic heterocycles. The molecular formula is C25H36N4O3. The SMILES string of the molecule is O=C(O)N1CCC2(CC(N3CCC([C@@H]4CCCN4C(=O)CCc4ccccn4)CC3)C2)C1. The lowest BCUT2D eigenvalue weighted by Crippen LogP contribution is -2.55. The van der Waals surface area contributed by atoms with Crippen molar-refractivity contribution < 1.29 is 14.7 Å². The summed E-state index contributed by atoms with van der Waals surface area (Å²) in [5.41, 5.74) is 1.25. The van der Waals surface area contributed by atoms with Crippen LogP contribution in [0.4, 0.5) is 4.79 Å². The number of rotatable bonds is 5. The molecule has 2 amide bonds. The number of piperidine rings is 1. The number of amides is 2. The molecule has 0 bridgehead atoms. The second kappa shape index (κ2) is 9.00. The summed E-state index contributed by atoms with van der Waals surface area (Å²) in [6, 6.07) is 6.94. The fourth-order valence-electron chi connectivity index (χ4n) is 6.82. The molecule has 1 atom stereocenters. The Kier molecular flexibility index (Phi) is 6.10. The molecule has 174 valence electrons. The van der Waals surface area contributed by atoms with Gasteiger partial charge in [-0.1, -0.05) is 6.07 Å². The number of hydrogen-bond acceptors (Lipinski definition) is 4. The molecule has 0 unspecified atom stereocenters. The minimum absolute atomic E-state index is 0.252. The molecule has 7 heteroatoms.